The van der Waals surface area contributed by atoms with Gasteiger partial charge < -0.3 is 10.6 Å². The van der Waals surface area contributed by atoms with E-state index in [1.54, 1.807) is 11.7 Å². The largest absolute Gasteiger partial charge is 0.351 e. The first-order valence-electron chi connectivity index (χ1n) is 5.26. The van der Waals surface area contributed by atoms with E-state index in [0.717, 1.165) is 25.9 Å². The van der Waals surface area contributed by atoms with Gasteiger partial charge in [0, 0.05) is 26.2 Å². The van der Waals surface area contributed by atoms with Crippen LogP contribution in [0.5, 0.6) is 0 Å². The van der Waals surface area contributed by atoms with Crippen molar-refractivity contribution in [2.75, 3.05) is 18.0 Å². The van der Waals surface area contributed by atoms with Gasteiger partial charge in [-0.1, -0.05) is 0 Å². The Bertz CT molecular complexity index is 395. The molecular formula is C9H15N5O2. The van der Waals surface area contributed by atoms with Gasteiger partial charge in [0.2, 0.25) is 5.82 Å². The summed E-state index contributed by atoms with van der Waals surface area (Å²) in [5.41, 5.74) is 5.87. The van der Waals surface area contributed by atoms with E-state index in [1.807, 2.05) is 4.90 Å². The molecule has 88 valence electrons. The molecule has 1 aliphatic heterocycles. The number of piperidine rings is 1. The number of nitro groups is 1. The molecule has 0 amide bonds. The second kappa shape index (κ2) is 4.09. The summed E-state index contributed by atoms with van der Waals surface area (Å²) in [6.45, 7) is 1.50. The lowest BCUT2D eigenvalue weighted by Crippen LogP contribution is -2.40. The van der Waals surface area contributed by atoms with Crippen LogP contribution in [0.4, 0.5) is 11.5 Å². The summed E-state index contributed by atoms with van der Waals surface area (Å²) in [6.07, 6.45) is 3.02. The molecule has 1 aromatic heterocycles. The maximum absolute atomic E-state index is 10.8. The molecule has 0 bridgehead atoms. The van der Waals surface area contributed by atoms with Crippen LogP contribution in [0.2, 0.25) is 0 Å². The number of aromatic nitrogens is 2. The minimum Gasteiger partial charge on any atom is -0.351 e. The molecule has 1 saturated heterocycles. The van der Waals surface area contributed by atoms with Crippen molar-refractivity contribution in [2.24, 2.45) is 12.8 Å². The van der Waals surface area contributed by atoms with E-state index in [2.05, 4.69) is 5.10 Å². The van der Waals surface area contributed by atoms with Gasteiger partial charge in [0.1, 0.15) is 6.20 Å². The van der Waals surface area contributed by atoms with Crippen LogP contribution >= 0.6 is 0 Å². The summed E-state index contributed by atoms with van der Waals surface area (Å²) < 4.78 is 1.55. The molecular weight excluding hydrogens is 210 g/mol. The van der Waals surface area contributed by atoms with Gasteiger partial charge in [-0.2, -0.15) is 5.10 Å². The Balaban J connectivity index is 2.25. The molecule has 0 atom stereocenters. The average molecular weight is 225 g/mol. The minimum absolute atomic E-state index is 0.0676. The minimum atomic E-state index is -0.392. The molecule has 2 heterocycles. The molecule has 1 fully saturated rings. The summed E-state index contributed by atoms with van der Waals surface area (Å²) in [7, 11) is 1.72. The van der Waals surface area contributed by atoms with Crippen LogP contribution in [0.15, 0.2) is 6.20 Å². The Kier molecular flexibility index (Phi) is 2.78. The molecule has 0 aromatic carbocycles. The summed E-state index contributed by atoms with van der Waals surface area (Å²) in [6, 6.07) is 0.212. The number of nitrogens with zero attached hydrogens (tertiary/aromatic N) is 4. The predicted octanol–water partition coefficient (Wildman–Crippen LogP) is 0.256. The van der Waals surface area contributed by atoms with E-state index in [9.17, 15) is 10.1 Å². The molecule has 0 aliphatic carbocycles. The number of hydrogen-bond acceptors (Lipinski definition) is 5. The van der Waals surface area contributed by atoms with Crippen LogP contribution in [-0.2, 0) is 7.05 Å². The molecule has 2 rings (SSSR count). The van der Waals surface area contributed by atoms with Crippen LogP contribution in [-0.4, -0.2) is 33.8 Å². The lowest BCUT2D eigenvalue weighted by molar-refractivity contribution is -0.384. The highest BCUT2D eigenvalue weighted by molar-refractivity contribution is 5.57. The van der Waals surface area contributed by atoms with Crippen LogP contribution < -0.4 is 10.6 Å². The van der Waals surface area contributed by atoms with Gasteiger partial charge in [-0.15, -0.1) is 0 Å². The molecule has 1 aromatic rings. The van der Waals surface area contributed by atoms with Crippen molar-refractivity contribution in [2.45, 2.75) is 18.9 Å². The molecule has 16 heavy (non-hydrogen) atoms. The summed E-state index contributed by atoms with van der Waals surface area (Å²) in [4.78, 5) is 12.4. The molecule has 0 radical (unpaired) electrons. The van der Waals surface area contributed by atoms with Crippen LogP contribution in [0.3, 0.4) is 0 Å². The standard InChI is InChI=1S/C9H15N5O2/c1-12-9(8(6-11-12)14(15)16)13-4-2-7(10)3-5-13/h6-7H,2-5,10H2,1H3. The fourth-order valence-electron chi connectivity index (χ4n) is 2.03. The van der Waals surface area contributed by atoms with Gasteiger partial charge >= 0.3 is 5.69 Å². The van der Waals surface area contributed by atoms with Gasteiger partial charge in [0.15, 0.2) is 0 Å². The van der Waals surface area contributed by atoms with Gasteiger partial charge in [-0.05, 0) is 12.8 Å². The number of aryl methyl sites for hydroxylation is 1. The van der Waals surface area contributed by atoms with Crippen molar-refractivity contribution >= 4 is 11.5 Å². The lowest BCUT2D eigenvalue weighted by atomic mass is 10.1. The second-order valence-corrected chi connectivity index (χ2v) is 4.06. The maximum atomic E-state index is 10.8. The first kappa shape index (κ1) is 10.9. The molecule has 0 saturated carbocycles. The van der Waals surface area contributed by atoms with Crippen LogP contribution in [0, 0.1) is 10.1 Å². The van der Waals surface area contributed by atoms with Crippen molar-refractivity contribution in [3.63, 3.8) is 0 Å². The third-order valence-electron chi connectivity index (χ3n) is 2.92. The van der Waals surface area contributed by atoms with Gasteiger partial charge in [-0.25, -0.2) is 4.68 Å². The highest BCUT2D eigenvalue weighted by atomic mass is 16.6. The zero-order valence-electron chi connectivity index (χ0n) is 9.17. The molecule has 7 heteroatoms. The molecule has 0 spiro atoms. The molecule has 7 nitrogen and oxygen atoms in total. The van der Waals surface area contributed by atoms with Crippen molar-refractivity contribution in [1.82, 2.24) is 9.78 Å². The Morgan fingerprint density at radius 2 is 2.19 bits per heavy atom. The number of anilines is 1. The number of hydrogen-bond donors (Lipinski definition) is 1. The van der Waals surface area contributed by atoms with Crippen molar-refractivity contribution < 1.29 is 4.92 Å². The molecule has 1 aliphatic rings. The topological polar surface area (TPSA) is 90.2 Å². The van der Waals surface area contributed by atoms with Gasteiger partial charge in [0.05, 0.1) is 4.92 Å². The smallest absolute Gasteiger partial charge is 0.331 e. The molecule has 2 N–H and O–H groups in total. The van der Waals surface area contributed by atoms with Gasteiger partial charge in [0.25, 0.3) is 0 Å². The van der Waals surface area contributed by atoms with Gasteiger partial charge in [-0.3, -0.25) is 10.1 Å². The molecule has 0 unspecified atom stereocenters. The summed E-state index contributed by atoms with van der Waals surface area (Å²) >= 11 is 0. The highest BCUT2D eigenvalue weighted by Gasteiger charge is 2.27. The van der Waals surface area contributed by atoms with E-state index >= 15 is 0 Å². The second-order valence-electron chi connectivity index (χ2n) is 4.06. The zero-order chi connectivity index (χ0) is 11.7. The zero-order valence-corrected chi connectivity index (χ0v) is 9.17. The Morgan fingerprint density at radius 3 is 2.75 bits per heavy atom. The van der Waals surface area contributed by atoms with E-state index in [4.69, 9.17) is 5.73 Å². The first-order chi connectivity index (χ1) is 7.59. The quantitative estimate of drug-likeness (QED) is 0.575. The van der Waals surface area contributed by atoms with Crippen LogP contribution in [0.1, 0.15) is 12.8 Å². The fraction of sp³-hybridized carbons (Fsp3) is 0.667. The van der Waals surface area contributed by atoms with Crippen molar-refractivity contribution in [3.8, 4) is 0 Å². The normalized spacial score (nSPS) is 17.8. The van der Waals surface area contributed by atoms with Crippen molar-refractivity contribution in [1.29, 1.82) is 0 Å². The third-order valence-corrected chi connectivity index (χ3v) is 2.92. The van der Waals surface area contributed by atoms with Crippen LogP contribution in [0.25, 0.3) is 0 Å². The number of nitrogens with two attached hydrogens (primary N) is 1. The predicted molar refractivity (Wildman–Crippen MR) is 59.3 cm³/mol. The summed E-state index contributed by atoms with van der Waals surface area (Å²) in [5, 5.41) is 14.8. The van der Waals surface area contributed by atoms with E-state index in [1.165, 1.54) is 6.20 Å². The maximum Gasteiger partial charge on any atom is 0.331 e. The third kappa shape index (κ3) is 1.85. The van der Waals surface area contributed by atoms with Crippen molar-refractivity contribution in [3.05, 3.63) is 16.3 Å². The van der Waals surface area contributed by atoms with E-state index in [-0.39, 0.29) is 11.7 Å². The Morgan fingerprint density at radius 1 is 1.56 bits per heavy atom. The average Bonchev–Trinajstić information content (AvgIpc) is 2.62. The lowest BCUT2D eigenvalue weighted by Gasteiger charge is -2.30. The monoisotopic (exact) mass is 225 g/mol. The highest BCUT2D eigenvalue weighted by Crippen LogP contribution is 2.28. The van der Waals surface area contributed by atoms with E-state index in [0.29, 0.717) is 5.82 Å². The first-order valence-corrected chi connectivity index (χ1v) is 5.26. The Labute approximate surface area is 93.0 Å². The number of rotatable bonds is 2. The Hall–Kier alpha value is -1.63. The SMILES string of the molecule is Cn1ncc([N+](=O)[O-])c1N1CCC(N)CC1. The fourth-order valence-corrected chi connectivity index (χ4v) is 2.03. The van der Waals surface area contributed by atoms with E-state index < -0.39 is 4.92 Å². The summed E-state index contributed by atoms with van der Waals surface area (Å²) in [5.74, 6) is 0.580.